The Morgan fingerprint density at radius 3 is 2.45 bits per heavy atom. The largest absolute Gasteiger partial charge is 0.493 e. The van der Waals surface area contributed by atoms with Gasteiger partial charge >= 0.3 is 6.18 Å². The number of ether oxygens (including phenoxy) is 1. The molecule has 0 radical (unpaired) electrons. The highest BCUT2D eigenvalue weighted by atomic mass is 19.4. The average molecular weight is 429 g/mol. The number of hydrogen-bond donors (Lipinski definition) is 1. The van der Waals surface area contributed by atoms with Crippen LogP contribution in [0.15, 0.2) is 60.8 Å². The summed E-state index contributed by atoms with van der Waals surface area (Å²) in [6, 6.07) is 13.0. The number of rotatable bonds is 5. The van der Waals surface area contributed by atoms with Crippen LogP contribution in [-0.2, 0) is 6.18 Å². The number of halogens is 4. The second-order valence-corrected chi connectivity index (χ2v) is 6.40. The molecule has 0 aliphatic heterocycles. The lowest BCUT2D eigenvalue weighted by atomic mass is 9.94. The van der Waals surface area contributed by atoms with E-state index in [1.165, 1.54) is 31.4 Å². The van der Waals surface area contributed by atoms with Crippen LogP contribution in [0.1, 0.15) is 38.8 Å². The van der Waals surface area contributed by atoms with E-state index in [1.807, 2.05) is 0 Å². The van der Waals surface area contributed by atoms with Gasteiger partial charge in [0.2, 0.25) is 0 Å². The van der Waals surface area contributed by atoms with Gasteiger partial charge in [0.1, 0.15) is 5.69 Å². The highest BCUT2D eigenvalue weighted by Gasteiger charge is 2.34. The van der Waals surface area contributed by atoms with Crippen molar-refractivity contribution in [3.8, 4) is 11.8 Å². The minimum Gasteiger partial charge on any atom is -0.493 e. The normalized spacial score (nSPS) is 12.0. The van der Waals surface area contributed by atoms with E-state index in [4.69, 9.17) is 4.74 Å². The molecular weight excluding hydrogens is 414 g/mol. The molecule has 1 heterocycles. The highest BCUT2D eigenvalue weighted by molar-refractivity contribution is 5.94. The third-order valence-electron chi connectivity index (χ3n) is 4.48. The van der Waals surface area contributed by atoms with Crippen LogP contribution in [0, 0.1) is 17.1 Å². The van der Waals surface area contributed by atoms with Gasteiger partial charge in [0.25, 0.3) is 5.91 Å². The molecule has 1 amide bonds. The topological polar surface area (TPSA) is 75.0 Å². The van der Waals surface area contributed by atoms with E-state index in [2.05, 4.69) is 10.3 Å². The molecule has 31 heavy (non-hydrogen) atoms. The molecule has 1 unspecified atom stereocenters. The number of hydrogen-bond acceptors (Lipinski definition) is 4. The van der Waals surface area contributed by atoms with E-state index in [0.717, 1.165) is 12.3 Å². The van der Waals surface area contributed by atoms with Crippen LogP contribution in [0.25, 0.3) is 0 Å². The maximum absolute atomic E-state index is 14.3. The number of methoxy groups -OCH3 is 1. The summed E-state index contributed by atoms with van der Waals surface area (Å²) in [6.45, 7) is 0. The molecule has 1 N–H and O–H groups in total. The number of aromatic nitrogens is 1. The standard InChI is InChI=1S/C22H15F4N3O2/c1-31-20-15(8-5-9-17(20)23)19(29-21(30)13-6-3-2-4-7-13)16-12-28-18(22(24,25)26)10-14(16)11-27/h2-10,12,19H,1H3,(H,29,30). The van der Waals surface area contributed by atoms with Gasteiger partial charge in [0.15, 0.2) is 11.6 Å². The highest BCUT2D eigenvalue weighted by Crippen LogP contribution is 2.35. The van der Waals surface area contributed by atoms with Crippen molar-refractivity contribution in [2.75, 3.05) is 7.11 Å². The minimum atomic E-state index is -4.76. The SMILES string of the molecule is COc1c(F)cccc1C(NC(=O)c1ccccc1)c1cnc(C(F)(F)F)cc1C#N. The second kappa shape index (κ2) is 8.83. The fourth-order valence-electron chi connectivity index (χ4n) is 3.04. The summed E-state index contributed by atoms with van der Waals surface area (Å²) in [5.74, 6) is -1.54. The van der Waals surface area contributed by atoms with Gasteiger partial charge in [0, 0.05) is 22.9 Å². The van der Waals surface area contributed by atoms with Crippen molar-refractivity contribution in [2.24, 2.45) is 0 Å². The molecule has 1 aromatic heterocycles. The van der Waals surface area contributed by atoms with Gasteiger partial charge in [-0.25, -0.2) is 4.39 Å². The average Bonchev–Trinajstić information content (AvgIpc) is 2.76. The maximum Gasteiger partial charge on any atom is 0.433 e. The minimum absolute atomic E-state index is 0.0383. The Kier molecular flexibility index (Phi) is 6.20. The van der Waals surface area contributed by atoms with Crippen LogP contribution in [0.4, 0.5) is 17.6 Å². The van der Waals surface area contributed by atoms with Gasteiger partial charge in [-0.05, 0) is 24.3 Å². The lowest BCUT2D eigenvalue weighted by molar-refractivity contribution is -0.141. The van der Waals surface area contributed by atoms with Crippen LogP contribution >= 0.6 is 0 Å². The lowest BCUT2D eigenvalue weighted by Gasteiger charge is -2.23. The molecule has 3 rings (SSSR count). The fraction of sp³-hybridized carbons (Fsp3) is 0.136. The molecule has 2 aromatic carbocycles. The first-order chi connectivity index (χ1) is 14.8. The smallest absolute Gasteiger partial charge is 0.433 e. The zero-order valence-corrected chi connectivity index (χ0v) is 16.1. The zero-order chi connectivity index (χ0) is 22.6. The lowest BCUT2D eigenvalue weighted by Crippen LogP contribution is -2.30. The molecule has 0 aliphatic carbocycles. The Morgan fingerprint density at radius 2 is 1.84 bits per heavy atom. The molecule has 0 saturated heterocycles. The Bertz CT molecular complexity index is 1140. The van der Waals surface area contributed by atoms with E-state index < -0.39 is 29.6 Å². The summed E-state index contributed by atoms with van der Waals surface area (Å²) in [5.41, 5.74) is -1.28. The predicted octanol–water partition coefficient (Wildman–Crippen LogP) is 4.64. The number of pyridine rings is 1. The molecular formula is C22H15F4N3O2. The Morgan fingerprint density at radius 1 is 1.13 bits per heavy atom. The Hall–Kier alpha value is -3.93. The van der Waals surface area contributed by atoms with Crippen molar-refractivity contribution in [3.05, 3.63) is 94.6 Å². The van der Waals surface area contributed by atoms with Crippen molar-refractivity contribution in [1.29, 1.82) is 5.26 Å². The summed E-state index contributed by atoms with van der Waals surface area (Å²) in [7, 11) is 1.22. The fourth-order valence-corrected chi connectivity index (χ4v) is 3.04. The molecule has 0 aliphatic rings. The predicted molar refractivity (Wildman–Crippen MR) is 103 cm³/mol. The van der Waals surface area contributed by atoms with Gasteiger partial charge < -0.3 is 10.1 Å². The summed E-state index contributed by atoms with van der Waals surface area (Å²) in [5, 5.41) is 12.1. The van der Waals surface area contributed by atoms with E-state index in [-0.39, 0.29) is 28.0 Å². The van der Waals surface area contributed by atoms with Gasteiger partial charge in [0.05, 0.1) is 24.8 Å². The van der Waals surface area contributed by atoms with Gasteiger partial charge in [-0.15, -0.1) is 0 Å². The molecule has 0 spiro atoms. The Labute approximate surface area is 174 Å². The molecule has 9 heteroatoms. The number of nitriles is 1. The Balaban J connectivity index is 2.17. The number of carbonyl (C=O) groups is 1. The number of amides is 1. The number of carbonyl (C=O) groups excluding carboxylic acids is 1. The van der Waals surface area contributed by atoms with Crippen molar-refractivity contribution in [1.82, 2.24) is 10.3 Å². The molecule has 0 bridgehead atoms. The molecule has 1 atom stereocenters. The summed E-state index contributed by atoms with van der Waals surface area (Å²) < 4.78 is 58.6. The van der Waals surface area contributed by atoms with Crippen LogP contribution in [0.5, 0.6) is 5.75 Å². The molecule has 5 nitrogen and oxygen atoms in total. The van der Waals surface area contributed by atoms with Crippen LogP contribution < -0.4 is 10.1 Å². The maximum atomic E-state index is 14.3. The molecule has 0 saturated carbocycles. The van der Waals surface area contributed by atoms with Gasteiger partial charge in [-0.2, -0.15) is 18.4 Å². The van der Waals surface area contributed by atoms with E-state index >= 15 is 0 Å². The monoisotopic (exact) mass is 429 g/mol. The summed E-state index contributed by atoms with van der Waals surface area (Å²) in [4.78, 5) is 16.2. The van der Waals surface area contributed by atoms with Crippen molar-refractivity contribution < 1.29 is 27.1 Å². The summed E-state index contributed by atoms with van der Waals surface area (Å²) >= 11 is 0. The zero-order valence-electron chi connectivity index (χ0n) is 16.1. The van der Waals surface area contributed by atoms with Crippen LogP contribution in [0.2, 0.25) is 0 Å². The molecule has 0 fully saturated rings. The third kappa shape index (κ3) is 4.64. The van der Waals surface area contributed by atoms with Crippen LogP contribution in [0.3, 0.4) is 0 Å². The van der Waals surface area contributed by atoms with E-state index in [1.54, 1.807) is 24.3 Å². The van der Waals surface area contributed by atoms with Crippen molar-refractivity contribution in [2.45, 2.75) is 12.2 Å². The number of alkyl halides is 3. The number of benzene rings is 2. The first-order valence-corrected chi connectivity index (χ1v) is 8.91. The van der Waals surface area contributed by atoms with Crippen molar-refractivity contribution in [3.63, 3.8) is 0 Å². The number of para-hydroxylation sites is 1. The van der Waals surface area contributed by atoms with Gasteiger partial charge in [-0.1, -0.05) is 30.3 Å². The molecule has 3 aromatic rings. The third-order valence-corrected chi connectivity index (χ3v) is 4.48. The quantitative estimate of drug-likeness (QED) is 0.600. The second-order valence-electron chi connectivity index (χ2n) is 6.40. The first kappa shape index (κ1) is 21.8. The van der Waals surface area contributed by atoms with Crippen LogP contribution in [-0.4, -0.2) is 18.0 Å². The van der Waals surface area contributed by atoms with Crippen molar-refractivity contribution >= 4 is 5.91 Å². The number of nitrogens with zero attached hydrogens (tertiary/aromatic N) is 2. The van der Waals surface area contributed by atoms with Gasteiger partial charge in [-0.3, -0.25) is 9.78 Å². The first-order valence-electron chi connectivity index (χ1n) is 8.91. The van der Waals surface area contributed by atoms with E-state index in [9.17, 15) is 27.6 Å². The molecule has 158 valence electrons. The van der Waals surface area contributed by atoms with E-state index in [0.29, 0.717) is 6.07 Å². The number of nitrogens with one attached hydrogen (secondary N) is 1. The summed E-state index contributed by atoms with van der Waals surface area (Å²) in [6.07, 6.45) is -3.91.